The number of amides is 1. The van der Waals surface area contributed by atoms with Crippen molar-refractivity contribution < 1.29 is 9.53 Å². The summed E-state index contributed by atoms with van der Waals surface area (Å²) in [5.74, 6) is 0.741. The van der Waals surface area contributed by atoms with E-state index < -0.39 is 0 Å². The molecule has 0 unspecified atom stereocenters. The highest BCUT2D eigenvalue weighted by Crippen LogP contribution is 2.29. The van der Waals surface area contributed by atoms with Crippen LogP contribution in [0.1, 0.15) is 16.1 Å². The Morgan fingerprint density at radius 3 is 2.58 bits per heavy atom. The maximum absolute atomic E-state index is 12.4. The Kier molecular flexibility index (Phi) is 5.34. The van der Waals surface area contributed by atoms with E-state index in [-0.39, 0.29) is 11.6 Å². The van der Waals surface area contributed by atoms with Crippen molar-refractivity contribution in [1.29, 1.82) is 0 Å². The Bertz CT molecular complexity index is 929. The van der Waals surface area contributed by atoms with Crippen molar-refractivity contribution in [3.63, 3.8) is 0 Å². The summed E-state index contributed by atoms with van der Waals surface area (Å²) >= 11 is 6.03. The number of carbonyl (C=O) groups excluding carboxylic acids is 1. The molecule has 3 rings (SSSR count). The molecule has 0 bridgehead atoms. The number of hydrogen-bond donors (Lipinski definition) is 2. The van der Waals surface area contributed by atoms with E-state index in [9.17, 15) is 4.79 Å². The lowest BCUT2D eigenvalue weighted by atomic mass is 10.2. The fraction of sp³-hybridized carbons (Fsp3) is 0.105. The quantitative estimate of drug-likeness (QED) is 0.696. The number of anilines is 3. The highest BCUT2D eigenvalue weighted by molar-refractivity contribution is 6.31. The number of hydrogen-bond acceptors (Lipinski definition) is 5. The van der Waals surface area contributed by atoms with E-state index in [1.807, 2.05) is 31.2 Å². The lowest BCUT2D eigenvalue weighted by Gasteiger charge is -2.11. The average Bonchev–Trinajstić information content (AvgIpc) is 2.64. The number of nitrogens with zero attached hydrogens (tertiary/aromatic N) is 2. The molecule has 132 valence electrons. The molecule has 2 aromatic carbocycles. The number of ether oxygens (including phenoxy) is 1. The monoisotopic (exact) mass is 368 g/mol. The van der Waals surface area contributed by atoms with Crippen LogP contribution in [0, 0.1) is 6.92 Å². The van der Waals surface area contributed by atoms with E-state index in [1.54, 1.807) is 31.4 Å². The lowest BCUT2D eigenvalue weighted by molar-refractivity contribution is 0.102. The third-order valence-electron chi connectivity index (χ3n) is 3.63. The van der Waals surface area contributed by atoms with Crippen LogP contribution in [0.3, 0.4) is 0 Å². The van der Waals surface area contributed by atoms with Gasteiger partial charge in [-0.15, -0.1) is 0 Å². The standard InChI is InChI=1S/C19H17ClN4O2/c1-12-3-6-14(7-4-12)23-19(25)16-10-18(22-11-21-16)24-15-9-13(20)5-8-17(15)26-2/h3-11H,1-2H3,(H,23,25)(H,21,22,24). The Balaban J connectivity index is 1.79. The first-order valence-electron chi connectivity index (χ1n) is 7.86. The zero-order chi connectivity index (χ0) is 18.5. The van der Waals surface area contributed by atoms with Crippen LogP contribution in [0.4, 0.5) is 17.2 Å². The van der Waals surface area contributed by atoms with Gasteiger partial charge in [0.1, 0.15) is 23.6 Å². The summed E-state index contributed by atoms with van der Waals surface area (Å²) < 4.78 is 5.30. The Labute approximate surface area is 156 Å². The van der Waals surface area contributed by atoms with Crippen LogP contribution in [0.15, 0.2) is 54.9 Å². The number of benzene rings is 2. The van der Waals surface area contributed by atoms with Gasteiger partial charge in [-0.3, -0.25) is 4.79 Å². The number of carbonyl (C=O) groups is 1. The van der Waals surface area contributed by atoms with Crippen molar-refractivity contribution in [3.8, 4) is 5.75 Å². The van der Waals surface area contributed by atoms with E-state index in [1.165, 1.54) is 6.33 Å². The smallest absolute Gasteiger partial charge is 0.274 e. The Morgan fingerprint density at radius 1 is 1.08 bits per heavy atom. The van der Waals surface area contributed by atoms with Crippen molar-refractivity contribution >= 4 is 34.7 Å². The minimum absolute atomic E-state index is 0.240. The summed E-state index contributed by atoms with van der Waals surface area (Å²) in [6.07, 6.45) is 1.32. The molecular weight excluding hydrogens is 352 g/mol. The third kappa shape index (κ3) is 4.29. The minimum atomic E-state index is -0.322. The minimum Gasteiger partial charge on any atom is -0.495 e. The van der Waals surface area contributed by atoms with Crippen molar-refractivity contribution in [1.82, 2.24) is 9.97 Å². The SMILES string of the molecule is COc1ccc(Cl)cc1Nc1cc(C(=O)Nc2ccc(C)cc2)ncn1. The number of nitrogens with one attached hydrogen (secondary N) is 2. The Hall–Kier alpha value is -3.12. The Morgan fingerprint density at radius 2 is 1.85 bits per heavy atom. The molecule has 26 heavy (non-hydrogen) atoms. The van der Waals surface area contributed by atoms with Gasteiger partial charge in [0.2, 0.25) is 0 Å². The average molecular weight is 369 g/mol. The molecule has 7 heteroatoms. The largest absolute Gasteiger partial charge is 0.495 e. The summed E-state index contributed by atoms with van der Waals surface area (Å²) in [6, 6.07) is 14.3. The predicted octanol–water partition coefficient (Wildman–Crippen LogP) is 4.44. The maximum atomic E-state index is 12.4. The summed E-state index contributed by atoms with van der Waals surface area (Å²) in [4.78, 5) is 20.6. The second-order valence-electron chi connectivity index (χ2n) is 5.58. The van der Waals surface area contributed by atoms with Crippen LogP contribution in [-0.2, 0) is 0 Å². The summed E-state index contributed by atoms with van der Waals surface area (Å²) in [5, 5.41) is 6.45. The van der Waals surface area contributed by atoms with Gasteiger partial charge in [0.05, 0.1) is 12.8 Å². The molecule has 0 aliphatic heterocycles. The van der Waals surface area contributed by atoms with Crippen LogP contribution in [0.25, 0.3) is 0 Å². The normalized spacial score (nSPS) is 10.3. The number of aromatic nitrogens is 2. The highest BCUT2D eigenvalue weighted by Gasteiger charge is 2.11. The molecule has 3 aromatic rings. The molecule has 0 atom stereocenters. The molecule has 6 nitrogen and oxygen atoms in total. The zero-order valence-corrected chi connectivity index (χ0v) is 15.0. The van der Waals surface area contributed by atoms with Crippen LogP contribution in [0.5, 0.6) is 5.75 Å². The second-order valence-corrected chi connectivity index (χ2v) is 6.01. The molecule has 0 radical (unpaired) electrons. The molecule has 0 saturated heterocycles. The maximum Gasteiger partial charge on any atom is 0.274 e. The van der Waals surface area contributed by atoms with Gasteiger partial charge in [-0.05, 0) is 37.3 Å². The molecule has 0 saturated carbocycles. The van der Waals surface area contributed by atoms with Crippen LogP contribution >= 0.6 is 11.6 Å². The summed E-state index contributed by atoms with van der Waals surface area (Å²) in [6.45, 7) is 1.98. The van der Waals surface area contributed by atoms with Gasteiger partial charge in [-0.25, -0.2) is 9.97 Å². The van der Waals surface area contributed by atoms with Gasteiger partial charge in [0.25, 0.3) is 5.91 Å². The molecule has 1 heterocycles. The summed E-state index contributed by atoms with van der Waals surface area (Å²) in [7, 11) is 1.56. The van der Waals surface area contributed by atoms with Crippen LogP contribution in [-0.4, -0.2) is 23.0 Å². The van der Waals surface area contributed by atoms with Gasteiger partial charge in [-0.2, -0.15) is 0 Å². The lowest BCUT2D eigenvalue weighted by Crippen LogP contribution is -2.14. The van der Waals surface area contributed by atoms with E-state index in [0.717, 1.165) is 5.56 Å². The molecule has 0 aliphatic rings. The third-order valence-corrected chi connectivity index (χ3v) is 3.87. The van der Waals surface area contributed by atoms with Gasteiger partial charge >= 0.3 is 0 Å². The number of halogens is 1. The van der Waals surface area contributed by atoms with Crippen LogP contribution < -0.4 is 15.4 Å². The van der Waals surface area contributed by atoms with Gasteiger partial charge in [0.15, 0.2) is 0 Å². The van der Waals surface area contributed by atoms with Crippen molar-refractivity contribution in [2.24, 2.45) is 0 Å². The molecule has 0 spiro atoms. The second kappa shape index (κ2) is 7.84. The van der Waals surface area contributed by atoms with E-state index in [4.69, 9.17) is 16.3 Å². The topological polar surface area (TPSA) is 76.1 Å². The first-order chi connectivity index (χ1) is 12.5. The van der Waals surface area contributed by atoms with Gasteiger partial charge in [0, 0.05) is 16.8 Å². The van der Waals surface area contributed by atoms with Crippen molar-refractivity contribution in [2.45, 2.75) is 6.92 Å². The summed E-state index contributed by atoms with van der Waals surface area (Å²) in [5.41, 5.74) is 2.70. The molecule has 0 aliphatic carbocycles. The van der Waals surface area contributed by atoms with Crippen molar-refractivity contribution in [3.05, 3.63) is 71.1 Å². The van der Waals surface area contributed by atoms with E-state index in [0.29, 0.717) is 28.0 Å². The number of rotatable bonds is 5. The van der Waals surface area contributed by atoms with Crippen molar-refractivity contribution in [2.75, 3.05) is 17.7 Å². The highest BCUT2D eigenvalue weighted by atomic mass is 35.5. The van der Waals surface area contributed by atoms with Gasteiger partial charge in [-0.1, -0.05) is 29.3 Å². The first kappa shape index (κ1) is 17.7. The number of methoxy groups -OCH3 is 1. The molecule has 0 fully saturated rings. The molecule has 2 N–H and O–H groups in total. The predicted molar refractivity (Wildman–Crippen MR) is 102 cm³/mol. The molecule has 1 aromatic heterocycles. The van der Waals surface area contributed by atoms with Crippen LogP contribution in [0.2, 0.25) is 5.02 Å². The molecule has 1 amide bonds. The zero-order valence-electron chi connectivity index (χ0n) is 14.3. The fourth-order valence-electron chi connectivity index (χ4n) is 2.30. The fourth-order valence-corrected chi connectivity index (χ4v) is 2.47. The molecular formula is C19H17ClN4O2. The van der Waals surface area contributed by atoms with E-state index in [2.05, 4.69) is 20.6 Å². The van der Waals surface area contributed by atoms with E-state index >= 15 is 0 Å². The number of aryl methyl sites for hydroxylation is 1. The van der Waals surface area contributed by atoms with Gasteiger partial charge < -0.3 is 15.4 Å². The first-order valence-corrected chi connectivity index (χ1v) is 8.23.